The Morgan fingerprint density at radius 2 is 2.00 bits per heavy atom. The van der Waals surface area contributed by atoms with E-state index in [-0.39, 0.29) is 9.47 Å². The van der Waals surface area contributed by atoms with Crippen LogP contribution in [0.25, 0.3) is 0 Å². The van der Waals surface area contributed by atoms with Gasteiger partial charge >= 0.3 is 0 Å². The summed E-state index contributed by atoms with van der Waals surface area (Å²) >= 11 is 0.896. The van der Waals surface area contributed by atoms with Gasteiger partial charge < -0.3 is 5.73 Å². The van der Waals surface area contributed by atoms with Gasteiger partial charge in [-0.15, -0.1) is 10.2 Å². The van der Waals surface area contributed by atoms with E-state index in [0.29, 0.717) is 6.54 Å². The molecule has 6 nitrogen and oxygen atoms in total. The first-order chi connectivity index (χ1) is 9.59. The van der Waals surface area contributed by atoms with Crippen LogP contribution in [0.3, 0.4) is 0 Å². The van der Waals surface area contributed by atoms with Gasteiger partial charge in [-0.3, -0.25) is 4.31 Å². The van der Waals surface area contributed by atoms with E-state index in [2.05, 4.69) is 10.2 Å². The average molecular weight is 310 g/mol. The van der Waals surface area contributed by atoms with Crippen molar-refractivity contribution >= 4 is 32.2 Å². The Kier molecular flexibility index (Phi) is 3.35. The van der Waals surface area contributed by atoms with Crippen molar-refractivity contribution in [1.29, 1.82) is 0 Å². The Morgan fingerprint density at radius 3 is 2.75 bits per heavy atom. The van der Waals surface area contributed by atoms with Gasteiger partial charge in [0.1, 0.15) is 0 Å². The first-order valence-corrected chi connectivity index (χ1v) is 8.54. The van der Waals surface area contributed by atoms with E-state index in [1.54, 1.807) is 0 Å². The highest BCUT2D eigenvalue weighted by Gasteiger charge is 2.30. The molecule has 1 aromatic heterocycles. The monoisotopic (exact) mass is 310 g/mol. The number of hydrogen-bond donors (Lipinski definition) is 1. The highest BCUT2D eigenvalue weighted by molar-refractivity contribution is 7.94. The van der Waals surface area contributed by atoms with Crippen molar-refractivity contribution in [1.82, 2.24) is 10.2 Å². The number of fused-ring (bicyclic) bond motifs is 1. The third kappa shape index (κ3) is 2.25. The second-order valence-corrected chi connectivity index (χ2v) is 7.61. The lowest BCUT2D eigenvalue weighted by atomic mass is 10.1. The van der Waals surface area contributed by atoms with Gasteiger partial charge in [-0.2, -0.15) is 8.42 Å². The molecule has 20 heavy (non-hydrogen) atoms. The topological polar surface area (TPSA) is 89.2 Å². The van der Waals surface area contributed by atoms with E-state index in [0.717, 1.165) is 41.9 Å². The normalized spacial score (nSPS) is 15.7. The number of anilines is 2. The minimum atomic E-state index is -3.68. The average Bonchev–Trinajstić information content (AvgIpc) is 2.75. The van der Waals surface area contributed by atoms with Gasteiger partial charge in [-0.05, 0) is 30.9 Å². The molecular formula is C12H14N4O2S2. The molecule has 0 bridgehead atoms. The molecule has 0 amide bonds. The molecule has 8 heteroatoms. The van der Waals surface area contributed by atoms with E-state index >= 15 is 0 Å². The van der Waals surface area contributed by atoms with Crippen molar-refractivity contribution < 1.29 is 8.42 Å². The van der Waals surface area contributed by atoms with Crippen molar-refractivity contribution in [2.24, 2.45) is 0 Å². The summed E-state index contributed by atoms with van der Waals surface area (Å²) in [4.78, 5) is 0. The maximum absolute atomic E-state index is 12.7. The number of benzene rings is 1. The Bertz CT molecular complexity index is 727. The zero-order valence-corrected chi connectivity index (χ0v) is 12.3. The summed E-state index contributed by atoms with van der Waals surface area (Å²) in [6, 6.07) is 7.58. The first kappa shape index (κ1) is 13.3. The summed E-state index contributed by atoms with van der Waals surface area (Å²) in [5, 5.41) is 7.44. The van der Waals surface area contributed by atoms with E-state index in [9.17, 15) is 8.42 Å². The fraction of sp³-hybridized carbons (Fsp3) is 0.333. The van der Waals surface area contributed by atoms with Gasteiger partial charge in [0.15, 0.2) is 0 Å². The fourth-order valence-corrected chi connectivity index (χ4v) is 4.75. The summed E-state index contributed by atoms with van der Waals surface area (Å²) in [7, 11) is -3.68. The third-order valence-electron chi connectivity index (χ3n) is 3.25. The van der Waals surface area contributed by atoms with Crippen molar-refractivity contribution in [3.8, 4) is 0 Å². The van der Waals surface area contributed by atoms with Crippen molar-refractivity contribution in [3.05, 3.63) is 29.8 Å². The molecule has 1 aromatic carbocycles. The van der Waals surface area contributed by atoms with Crippen molar-refractivity contribution in [2.75, 3.05) is 16.6 Å². The number of aromatic nitrogens is 2. The number of nitrogen functional groups attached to an aromatic ring is 1. The van der Waals surface area contributed by atoms with Crippen molar-refractivity contribution in [3.63, 3.8) is 0 Å². The minimum absolute atomic E-state index is 0.0493. The number of sulfonamides is 1. The number of aryl methyl sites for hydroxylation is 1. The van der Waals surface area contributed by atoms with Gasteiger partial charge in [0.05, 0.1) is 5.69 Å². The molecule has 2 N–H and O–H groups in total. The van der Waals surface area contributed by atoms with Crippen LogP contribution in [0.4, 0.5) is 10.8 Å². The smallest absolute Gasteiger partial charge is 0.293 e. The van der Waals surface area contributed by atoms with E-state index in [1.807, 2.05) is 24.3 Å². The maximum Gasteiger partial charge on any atom is 0.293 e. The summed E-state index contributed by atoms with van der Waals surface area (Å²) in [6.07, 6.45) is 2.68. The molecule has 1 aliphatic heterocycles. The van der Waals surface area contributed by atoms with Gasteiger partial charge in [-0.1, -0.05) is 29.5 Å². The number of rotatable bonds is 2. The molecule has 0 fully saturated rings. The third-order valence-corrected chi connectivity index (χ3v) is 6.16. The number of nitrogens with zero attached hydrogens (tertiary/aromatic N) is 3. The lowest BCUT2D eigenvalue weighted by Gasteiger charge is -2.22. The quantitative estimate of drug-likeness (QED) is 0.911. The van der Waals surface area contributed by atoms with Gasteiger partial charge in [0.25, 0.3) is 14.4 Å². The van der Waals surface area contributed by atoms with Crippen LogP contribution in [0.15, 0.2) is 28.6 Å². The molecule has 2 heterocycles. The Hall–Kier alpha value is -1.67. The SMILES string of the molecule is Nc1nnc(S(=O)(=O)N2CCCCc3ccccc32)s1. The fourth-order valence-electron chi connectivity index (χ4n) is 2.33. The maximum atomic E-state index is 12.7. The number of nitrogens with two attached hydrogens (primary N) is 1. The molecule has 0 spiro atoms. The molecule has 1 aliphatic rings. The van der Waals surface area contributed by atoms with Crippen LogP contribution in [0.1, 0.15) is 18.4 Å². The van der Waals surface area contributed by atoms with E-state index in [4.69, 9.17) is 5.73 Å². The van der Waals surface area contributed by atoms with Crippen LogP contribution in [0, 0.1) is 0 Å². The van der Waals surface area contributed by atoms with Gasteiger partial charge in [0, 0.05) is 6.54 Å². The summed E-state index contributed by atoms with van der Waals surface area (Å²) in [5.41, 5.74) is 7.27. The molecular weight excluding hydrogens is 296 g/mol. The minimum Gasteiger partial charge on any atom is -0.374 e. The molecule has 0 radical (unpaired) electrons. The second kappa shape index (κ2) is 5.02. The molecule has 2 aromatic rings. The van der Waals surface area contributed by atoms with Crippen molar-refractivity contribution in [2.45, 2.75) is 23.6 Å². The highest BCUT2D eigenvalue weighted by atomic mass is 32.2. The summed E-state index contributed by atoms with van der Waals surface area (Å²) in [5.74, 6) is 0. The molecule has 3 rings (SSSR count). The standard InChI is InChI=1S/C12H14N4O2S2/c13-11-14-15-12(19-11)20(17,18)16-8-4-3-6-9-5-1-2-7-10(9)16/h1-2,5,7H,3-4,6,8H2,(H2,13,14). The van der Waals surface area contributed by atoms with Crippen LogP contribution >= 0.6 is 11.3 Å². The highest BCUT2D eigenvalue weighted by Crippen LogP contribution is 2.32. The van der Waals surface area contributed by atoms with Gasteiger partial charge in [-0.25, -0.2) is 0 Å². The molecule has 0 atom stereocenters. The lowest BCUT2D eigenvalue weighted by Crippen LogP contribution is -2.31. The Labute approximate surface area is 121 Å². The largest absolute Gasteiger partial charge is 0.374 e. The number of hydrogen-bond acceptors (Lipinski definition) is 6. The molecule has 0 unspecified atom stereocenters. The Balaban J connectivity index is 2.09. The summed E-state index contributed by atoms with van der Waals surface area (Å²) in [6.45, 7) is 0.457. The first-order valence-electron chi connectivity index (χ1n) is 6.28. The van der Waals surface area contributed by atoms with Crippen LogP contribution in [-0.4, -0.2) is 25.2 Å². The second-order valence-electron chi connectivity index (χ2n) is 4.57. The van der Waals surface area contributed by atoms with E-state index in [1.165, 1.54) is 4.31 Å². The lowest BCUT2D eigenvalue weighted by molar-refractivity contribution is 0.587. The van der Waals surface area contributed by atoms with Crippen LogP contribution in [0.2, 0.25) is 0 Å². The molecule has 0 saturated carbocycles. The predicted octanol–water partition coefficient (Wildman–Crippen LogP) is 1.65. The van der Waals surface area contributed by atoms with Gasteiger partial charge in [0.2, 0.25) is 5.13 Å². The number of para-hydroxylation sites is 1. The zero-order chi connectivity index (χ0) is 14.2. The van der Waals surface area contributed by atoms with Crippen LogP contribution in [0.5, 0.6) is 0 Å². The summed E-state index contributed by atoms with van der Waals surface area (Å²) < 4.78 is 26.8. The van der Waals surface area contributed by atoms with Crippen LogP contribution in [-0.2, 0) is 16.4 Å². The van der Waals surface area contributed by atoms with E-state index < -0.39 is 10.0 Å². The molecule has 0 saturated heterocycles. The zero-order valence-electron chi connectivity index (χ0n) is 10.7. The predicted molar refractivity (Wildman–Crippen MR) is 78.2 cm³/mol. The Morgan fingerprint density at radius 1 is 1.20 bits per heavy atom. The van der Waals surface area contributed by atoms with Crippen LogP contribution < -0.4 is 10.0 Å². The molecule has 0 aliphatic carbocycles. The molecule has 106 valence electrons.